The molecule has 0 unspecified atom stereocenters. The summed E-state index contributed by atoms with van der Waals surface area (Å²) in [7, 11) is 1.47. The Balaban J connectivity index is 2.04. The van der Waals surface area contributed by atoms with Gasteiger partial charge in [0.25, 0.3) is 0 Å². The van der Waals surface area contributed by atoms with Gasteiger partial charge in [-0.05, 0) is 67.6 Å². The van der Waals surface area contributed by atoms with Gasteiger partial charge >= 0.3 is 18.2 Å². The first-order valence-corrected chi connectivity index (χ1v) is 11.2. The predicted octanol–water partition coefficient (Wildman–Crippen LogP) is 5.18. The fraction of sp³-hybridized carbons (Fsp3) is 0.440. The zero-order valence-corrected chi connectivity index (χ0v) is 19.5. The van der Waals surface area contributed by atoms with Crippen LogP contribution in [-0.4, -0.2) is 43.2 Å². The van der Waals surface area contributed by atoms with Crippen LogP contribution in [-0.2, 0) is 28.7 Å². The van der Waals surface area contributed by atoms with Gasteiger partial charge in [-0.3, -0.25) is 4.79 Å². The summed E-state index contributed by atoms with van der Waals surface area (Å²) in [5.41, 5.74) is 1.19. The first-order chi connectivity index (χ1) is 16.2. The van der Waals surface area contributed by atoms with Crippen LogP contribution in [0.3, 0.4) is 0 Å². The summed E-state index contributed by atoms with van der Waals surface area (Å²) in [6.45, 7) is 4.06. The summed E-state index contributed by atoms with van der Waals surface area (Å²) in [5.74, 6) is 0.0410. The number of halogens is 3. The minimum atomic E-state index is -4.53. The molecule has 0 spiro atoms. The van der Waals surface area contributed by atoms with Crippen molar-refractivity contribution in [3.05, 3.63) is 53.1 Å². The molecule has 1 fully saturated rings. The zero-order valence-electron chi connectivity index (χ0n) is 19.5. The molecular weight excluding hydrogens is 449 g/mol. The highest BCUT2D eigenvalue weighted by atomic mass is 19.4. The molecule has 6 nitrogen and oxygen atoms in total. The Kier molecular flexibility index (Phi) is 8.06. The quantitative estimate of drug-likeness (QED) is 0.505. The fourth-order valence-electron chi connectivity index (χ4n) is 3.64. The summed E-state index contributed by atoms with van der Waals surface area (Å²) < 4.78 is 51.0. The second-order valence-electron chi connectivity index (χ2n) is 8.12. The number of methoxy groups -OCH3 is 1. The Hall–Kier alpha value is -3.23. The SMILES string of the molecule is CCOC(=O)Cc1ccc(OC)c(-c2ccc(C(F)(F)F)cc2CN(CC)C(=O)NC2CC2)c1. The Labute approximate surface area is 197 Å². The molecule has 1 aliphatic carbocycles. The summed E-state index contributed by atoms with van der Waals surface area (Å²) in [6, 6.07) is 8.38. The number of ether oxygens (including phenoxy) is 2. The number of hydrogen-bond donors (Lipinski definition) is 1. The number of urea groups is 1. The molecule has 2 aromatic carbocycles. The average Bonchev–Trinajstić information content (AvgIpc) is 3.60. The van der Waals surface area contributed by atoms with Crippen LogP contribution in [0.15, 0.2) is 36.4 Å². The molecule has 0 aromatic heterocycles. The maximum atomic E-state index is 13.5. The van der Waals surface area contributed by atoms with Gasteiger partial charge in [0.05, 0.1) is 25.7 Å². The first-order valence-electron chi connectivity index (χ1n) is 11.2. The Morgan fingerprint density at radius 1 is 1.09 bits per heavy atom. The second-order valence-corrected chi connectivity index (χ2v) is 8.12. The molecule has 1 N–H and O–H groups in total. The summed E-state index contributed by atoms with van der Waals surface area (Å²) in [4.78, 5) is 26.1. The number of rotatable bonds is 9. The standard InChI is InChI=1S/C25H29F3N2O4/c1-4-30(24(32)29-19-8-9-19)15-17-14-18(25(26,27)28)7-10-20(17)21-12-16(6-11-22(21)33-3)13-23(31)34-5-2/h6-7,10-12,14,19H,4-5,8-9,13,15H2,1-3H3,(H,29,32). The molecule has 0 saturated heterocycles. The lowest BCUT2D eigenvalue weighted by Gasteiger charge is -2.24. The van der Waals surface area contributed by atoms with Crippen molar-refractivity contribution in [3.63, 3.8) is 0 Å². The average molecular weight is 479 g/mol. The highest BCUT2D eigenvalue weighted by Crippen LogP contribution is 2.38. The van der Waals surface area contributed by atoms with Crippen molar-refractivity contribution < 1.29 is 32.2 Å². The number of alkyl halides is 3. The van der Waals surface area contributed by atoms with E-state index in [0.717, 1.165) is 25.0 Å². The Morgan fingerprint density at radius 2 is 1.82 bits per heavy atom. The minimum absolute atomic E-state index is 0.0143. The first kappa shape index (κ1) is 25.4. The molecule has 0 radical (unpaired) electrons. The normalized spacial score (nSPS) is 13.4. The molecule has 1 saturated carbocycles. The van der Waals surface area contributed by atoms with Gasteiger partial charge in [0, 0.05) is 24.7 Å². The van der Waals surface area contributed by atoms with Crippen molar-refractivity contribution in [1.29, 1.82) is 0 Å². The van der Waals surface area contributed by atoms with Gasteiger partial charge in [0.15, 0.2) is 0 Å². The van der Waals surface area contributed by atoms with Crippen LogP contribution < -0.4 is 10.1 Å². The third-order valence-electron chi connectivity index (χ3n) is 5.58. The number of hydrogen-bond acceptors (Lipinski definition) is 4. The summed E-state index contributed by atoms with van der Waals surface area (Å²) in [5, 5.41) is 2.88. The maximum Gasteiger partial charge on any atom is 0.416 e. The monoisotopic (exact) mass is 478 g/mol. The van der Waals surface area contributed by atoms with Crippen molar-refractivity contribution in [2.75, 3.05) is 20.3 Å². The molecule has 34 heavy (non-hydrogen) atoms. The molecule has 9 heteroatoms. The molecular formula is C25H29F3N2O4. The highest BCUT2D eigenvalue weighted by molar-refractivity contribution is 5.79. The molecule has 0 heterocycles. The topological polar surface area (TPSA) is 67.9 Å². The number of amides is 2. The molecule has 184 valence electrons. The molecule has 0 atom stereocenters. The van der Waals surface area contributed by atoms with E-state index in [1.165, 1.54) is 18.1 Å². The van der Waals surface area contributed by atoms with E-state index in [0.29, 0.717) is 34.5 Å². The van der Waals surface area contributed by atoms with Crippen LogP contribution in [0.25, 0.3) is 11.1 Å². The van der Waals surface area contributed by atoms with E-state index in [1.54, 1.807) is 32.0 Å². The second kappa shape index (κ2) is 10.8. The van der Waals surface area contributed by atoms with Crippen LogP contribution in [0, 0.1) is 0 Å². The number of carbonyl (C=O) groups is 2. The lowest BCUT2D eigenvalue weighted by atomic mass is 9.94. The zero-order chi connectivity index (χ0) is 24.9. The van der Waals surface area contributed by atoms with E-state index in [9.17, 15) is 22.8 Å². The summed E-state index contributed by atoms with van der Waals surface area (Å²) in [6.07, 6.45) is -2.70. The van der Waals surface area contributed by atoms with Crippen molar-refractivity contribution in [1.82, 2.24) is 10.2 Å². The van der Waals surface area contributed by atoms with Gasteiger partial charge in [-0.1, -0.05) is 12.1 Å². The van der Waals surface area contributed by atoms with Crippen LogP contribution in [0.1, 0.15) is 43.4 Å². The maximum absolute atomic E-state index is 13.5. The fourth-order valence-corrected chi connectivity index (χ4v) is 3.64. The van der Waals surface area contributed by atoms with Gasteiger partial charge in [-0.25, -0.2) is 4.79 Å². The van der Waals surface area contributed by atoms with E-state index in [-0.39, 0.29) is 31.6 Å². The number of esters is 1. The highest BCUT2D eigenvalue weighted by Gasteiger charge is 2.32. The van der Waals surface area contributed by atoms with Crippen molar-refractivity contribution >= 4 is 12.0 Å². The van der Waals surface area contributed by atoms with Gasteiger partial charge in [0.2, 0.25) is 0 Å². The van der Waals surface area contributed by atoms with E-state index in [2.05, 4.69) is 5.32 Å². The van der Waals surface area contributed by atoms with Crippen LogP contribution in [0.5, 0.6) is 5.75 Å². The number of nitrogens with one attached hydrogen (secondary N) is 1. The molecule has 2 amide bonds. The van der Waals surface area contributed by atoms with Gasteiger partial charge in [-0.2, -0.15) is 13.2 Å². The van der Waals surface area contributed by atoms with Crippen LogP contribution in [0.2, 0.25) is 0 Å². The van der Waals surface area contributed by atoms with Crippen molar-refractivity contribution in [2.45, 2.75) is 51.9 Å². The summed E-state index contributed by atoms with van der Waals surface area (Å²) >= 11 is 0. The smallest absolute Gasteiger partial charge is 0.416 e. The molecule has 0 bridgehead atoms. The van der Waals surface area contributed by atoms with Crippen LogP contribution in [0.4, 0.5) is 18.0 Å². The lowest BCUT2D eigenvalue weighted by molar-refractivity contribution is -0.142. The van der Waals surface area contributed by atoms with Crippen molar-refractivity contribution in [3.8, 4) is 16.9 Å². The minimum Gasteiger partial charge on any atom is -0.496 e. The van der Waals surface area contributed by atoms with E-state index in [4.69, 9.17) is 9.47 Å². The number of carbonyl (C=O) groups excluding carboxylic acids is 2. The molecule has 0 aliphatic heterocycles. The third-order valence-corrected chi connectivity index (χ3v) is 5.58. The number of nitrogens with zero attached hydrogens (tertiary/aromatic N) is 1. The van der Waals surface area contributed by atoms with Gasteiger partial charge in [0.1, 0.15) is 5.75 Å². The van der Waals surface area contributed by atoms with Gasteiger partial charge in [-0.15, -0.1) is 0 Å². The Bertz CT molecular complexity index is 1040. The Morgan fingerprint density at radius 3 is 2.41 bits per heavy atom. The van der Waals surface area contributed by atoms with Gasteiger partial charge < -0.3 is 19.7 Å². The molecule has 2 aromatic rings. The van der Waals surface area contributed by atoms with E-state index < -0.39 is 17.7 Å². The lowest BCUT2D eigenvalue weighted by Crippen LogP contribution is -2.40. The number of benzene rings is 2. The largest absolute Gasteiger partial charge is 0.496 e. The predicted molar refractivity (Wildman–Crippen MR) is 121 cm³/mol. The van der Waals surface area contributed by atoms with E-state index >= 15 is 0 Å². The van der Waals surface area contributed by atoms with Crippen molar-refractivity contribution in [2.24, 2.45) is 0 Å². The van der Waals surface area contributed by atoms with E-state index in [1.807, 2.05) is 0 Å². The third kappa shape index (κ3) is 6.42. The molecule has 3 rings (SSSR count). The molecule has 1 aliphatic rings. The van der Waals surface area contributed by atoms with Crippen LogP contribution >= 0.6 is 0 Å².